The Labute approximate surface area is 209 Å². The van der Waals surface area contributed by atoms with Crippen LogP contribution in [0.15, 0.2) is 88.7 Å². The number of ether oxygens (including phenoxy) is 1. The number of carbonyl (C=O) groups excluding carboxylic acids is 2. The fourth-order valence-electron chi connectivity index (χ4n) is 3.05. The van der Waals surface area contributed by atoms with Gasteiger partial charge >= 0.3 is 12.1 Å². The third-order valence-electron chi connectivity index (χ3n) is 4.98. The molecule has 36 heavy (non-hydrogen) atoms. The number of hydrogen-bond donors (Lipinski definition) is 3. The molecule has 0 unspecified atom stereocenters. The Morgan fingerprint density at radius 1 is 0.722 bits per heavy atom. The average molecular weight is 532 g/mol. The Bertz CT molecular complexity index is 1420. The van der Waals surface area contributed by atoms with E-state index in [1.807, 2.05) is 9.44 Å². The smallest absolute Gasteiger partial charge is 0.421 e. The summed E-state index contributed by atoms with van der Waals surface area (Å²) in [5, 5.41) is 2.34. The molecule has 0 heterocycles. The molecule has 0 saturated carbocycles. The number of aryl methyl sites for hydroxylation is 2. The molecule has 0 aliphatic heterocycles. The number of nitrogens with one attached hydrogen (secondary N) is 3. The van der Waals surface area contributed by atoms with Crippen molar-refractivity contribution in [3.63, 3.8) is 0 Å². The van der Waals surface area contributed by atoms with Crippen LogP contribution in [-0.4, -0.2) is 35.5 Å². The number of rotatable bonds is 8. The number of carbonyl (C=O) groups is 2. The van der Waals surface area contributed by atoms with E-state index in [4.69, 9.17) is 4.74 Å². The van der Waals surface area contributed by atoms with Gasteiger partial charge in [0.2, 0.25) is 0 Å². The third-order valence-corrected chi connectivity index (χ3v) is 7.65. The van der Waals surface area contributed by atoms with Crippen LogP contribution in [0.4, 0.5) is 9.59 Å². The van der Waals surface area contributed by atoms with E-state index in [0.717, 1.165) is 11.1 Å². The molecule has 3 N–H and O–H groups in total. The number of amides is 3. The first kappa shape index (κ1) is 26.7. The van der Waals surface area contributed by atoms with Gasteiger partial charge in [0.1, 0.15) is 6.10 Å². The van der Waals surface area contributed by atoms with Crippen LogP contribution in [0.1, 0.15) is 22.8 Å². The van der Waals surface area contributed by atoms with Gasteiger partial charge in [0.25, 0.3) is 20.0 Å². The predicted molar refractivity (Wildman–Crippen MR) is 132 cm³/mol. The van der Waals surface area contributed by atoms with Crippen molar-refractivity contribution in [1.29, 1.82) is 0 Å². The van der Waals surface area contributed by atoms with Crippen LogP contribution in [0.3, 0.4) is 0 Å². The molecule has 0 fully saturated rings. The Kier molecular flexibility index (Phi) is 8.33. The highest BCUT2D eigenvalue weighted by molar-refractivity contribution is 7.90. The van der Waals surface area contributed by atoms with Crippen molar-refractivity contribution in [3.05, 3.63) is 95.6 Å². The summed E-state index contributed by atoms with van der Waals surface area (Å²) in [4.78, 5) is 24.5. The minimum Gasteiger partial charge on any atom is -0.439 e. The normalized spacial score (nSPS) is 12.3. The molecule has 3 aromatic carbocycles. The zero-order chi connectivity index (χ0) is 26.3. The maximum absolute atomic E-state index is 12.5. The van der Waals surface area contributed by atoms with E-state index in [0.29, 0.717) is 5.56 Å². The second kappa shape index (κ2) is 11.2. The van der Waals surface area contributed by atoms with Gasteiger partial charge in [0.05, 0.1) is 16.3 Å². The highest BCUT2D eigenvalue weighted by atomic mass is 32.2. The van der Waals surface area contributed by atoms with Gasteiger partial charge in [0.15, 0.2) is 0 Å². The summed E-state index contributed by atoms with van der Waals surface area (Å²) >= 11 is 0. The molecule has 190 valence electrons. The first-order valence-corrected chi connectivity index (χ1v) is 13.7. The minimum absolute atomic E-state index is 0.0974. The highest BCUT2D eigenvalue weighted by Crippen LogP contribution is 2.18. The monoisotopic (exact) mass is 531 g/mol. The van der Waals surface area contributed by atoms with E-state index in [2.05, 4.69) is 5.32 Å². The molecule has 3 amide bonds. The van der Waals surface area contributed by atoms with Gasteiger partial charge in [-0.15, -0.1) is 0 Å². The lowest BCUT2D eigenvalue weighted by molar-refractivity contribution is 0.103. The van der Waals surface area contributed by atoms with Crippen LogP contribution in [-0.2, 0) is 24.8 Å². The maximum Gasteiger partial charge on any atom is 0.421 e. The van der Waals surface area contributed by atoms with Gasteiger partial charge < -0.3 is 10.1 Å². The fraction of sp³-hybridized carbons (Fsp3) is 0.167. The largest absolute Gasteiger partial charge is 0.439 e. The van der Waals surface area contributed by atoms with Crippen molar-refractivity contribution < 1.29 is 31.2 Å². The topological polar surface area (TPSA) is 148 Å². The van der Waals surface area contributed by atoms with Gasteiger partial charge in [0, 0.05) is 0 Å². The first-order chi connectivity index (χ1) is 17.0. The molecular weight excluding hydrogens is 506 g/mol. The summed E-state index contributed by atoms with van der Waals surface area (Å²) in [6.45, 7) is 3.25. The van der Waals surface area contributed by atoms with Crippen molar-refractivity contribution in [1.82, 2.24) is 14.8 Å². The number of benzene rings is 3. The average Bonchev–Trinajstić information content (AvgIpc) is 2.82. The van der Waals surface area contributed by atoms with Crippen molar-refractivity contribution in [3.8, 4) is 0 Å². The second-order valence-electron chi connectivity index (χ2n) is 7.85. The zero-order valence-corrected chi connectivity index (χ0v) is 21.1. The summed E-state index contributed by atoms with van der Waals surface area (Å²) < 4.78 is 58.8. The van der Waals surface area contributed by atoms with Gasteiger partial charge in [-0.3, -0.25) is 0 Å². The molecule has 0 aliphatic rings. The van der Waals surface area contributed by atoms with Crippen LogP contribution in [0, 0.1) is 13.8 Å². The third kappa shape index (κ3) is 7.30. The highest BCUT2D eigenvalue weighted by Gasteiger charge is 2.24. The fourth-order valence-corrected chi connectivity index (χ4v) is 4.86. The summed E-state index contributed by atoms with van der Waals surface area (Å²) in [5.74, 6) is 0. The zero-order valence-electron chi connectivity index (χ0n) is 19.5. The summed E-state index contributed by atoms with van der Waals surface area (Å²) in [6, 6.07) is 19.0. The van der Waals surface area contributed by atoms with E-state index in [1.54, 1.807) is 68.4 Å². The summed E-state index contributed by atoms with van der Waals surface area (Å²) in [6.07, 6.45) is -2.38. The number of urea groups is 1. The minimum atomic E-state index is -4.20. The van der Waals surface area contributed by atoms with Crippen molar-refractivity contribution in [2.24, 2.45) is 0 Å². The van der Waals surface area contributed by atoms with Gasteiger partial charge in [-0.1, -0.05) is 65.7 Å². The SMILES string of the molecule is Cc1ccc(S(=O)(=O)NC(=O)NC[C@@H](OC(=O)NS(=O)(=O)c2ccc(C)cc2)c2ccccc2)cc1. The second-order valence-corrected chi connectivity index (χ2v) is 11.2. The predicted octanol–water partition coefficient (Wildman–Crippen LogP) is 3.15. The molecule has 0 radical (unpaired) electrons. The molecule has 1 atom stereocenters. The number of hydrogen-bond acceptors (Lipinski definition) is 7. The Hall–Kier alpha value is -3.90. The van der Waals surface area contributed by atoms with Gasteiger partial charge in [-0.25, -0.2) is 35.9 Å². The van der Waals surface area contributed by atoms with E-state index >= 15 is 0 Å². The standard InChI is InChI=1S/C24H25N3O7S2/c1-17-8-12-20(13-9-17)35(30,31)26-23(28)25-16-22(19-6-4-3-5-7-19)34-24(29)27-36(32,33)21-14-10-18(2)11-15-21/h3-15,22H,16H2,1-2H3,(H,27,29)(H2,25,26,28)/t22-/m1/s1. The Balaban J connectivity index is 1.67. The Morgan fingerprint density at radius 2 is 1.19 bits per heavy atom. The van der Waals surface area contributed by atoms with E-state index in [-0.39, 0.29) is 16.3 Å². The summed E-state index contributed by atoms with van der Waals surface area (Å²) in [7, 11) is -8.33. The molecule has 0 aliphatic carbocycles. The van der Waals surface area contributed by atoms with Crippen molar-refractivity contribution in [2.45, 2.75) is 29.7 Å². The quantitative estimate of drug-likeness (QED) is 0.404. The lowest BCUT2D eigenvalue weighted by Gasteiger charge is -2.19. The van der Waals surface area contributed by atoms with Crippen LogP contribution in [0.25, 0.3) is 0 Å². The molecule has 0 bridgehead atoms. The number of sulfonamides is 2. The molecule has 3 rings (SSSR count). The van der Waals surface area contributed by atoms with E-state index < -0.39 is 38.3 Å². The van der Waals surface area contributed by atoms with Crippen LogP contribution >= 0.6 is 0 Å². The van der Waals surface area contributed by atoms with Crippen molar-refractivity contribution >= 4 is 32.2 Å². The first-order valence-electron chi connectivity index (χ1n) is 10.7. The summed E-state index contributed by atoms with van der Waals surface area (Å²) in [5.41, 5.74) is 2.14. The molecule has 0 saturated heterocycles. The van der Waals surface area contributed by atoms with Crippen LogP contribution in [0.5, 0.6) is 0 Å². The molecule has 12 heteroatoms. The molecule has 0 aromatic heterocycles. The Morgan fingerprint density at radius 3 is 1.69 bits per heavy atom. The van der Waals surface area contributed by atoms with Crippen LogP contribution in [0.2, 0.25) is 0 Å². The van der Waals surface area contributed by atoms with Gasteiger partial charge in [-0.05, 0) is 43.7 Å². The maximum atomic E-state index is 12.5. The molecular formula is C24H25N3O7S2. The lowest BCUT2D eigenvalue weighted by atomic mass is 10.1. The molecule has 0 spiro atoms. The molecule has 3 aromatic rings. The lowest BCUT2D eigenvalue weighted by Crippen LogP contribution is -2.42. The molecule has 10 nitrogen and oxygen atoms in total. The van der Waals surface area contributed by atoms with Crippen LogP contribution < -0.4 is 14.8 Å². The van der Waals surface area contributed by atoms with Crippen molar-refractivity contribution in [2.75, 3.05) is 6.54 Å². The van der Waals surface area contributed by atoms with E-state index in [9.17, 15) is 26.4 Å². The van der Waals surface area contributed by atoms with Gasteiger partial charge in [-0.2, -0.15) is 0 Å². The van der Waals surface area contributed by atoms with E-state index in [1.165, 1.54) is 24.3 Å².